The minimum absolute atomic E-state index is 0.0858. The Kier molecular flexibility index (Phi) is 7.30. The first-order valence-corrected chi connectivity index (χ1v) is 12.3. The lowest BCUT2D eigenvalue weighted by Crippen LogP contribution is -2.28. The Morgan fingerprint density at radius 2 is 1.97 bits per heavy atom. The van der Waals surface area contributed by atoms with E-state index < -0.39 is 0 Å². The number of allylic oxidation sites excluding steroid dienone is 3. The Morgan fingerprint density at radius 1 is 1.11 bits per heavy atom. The van der Waals surface area contributed by atoms with Crippen molar-refractivity contribution in [1.82, 2.24) is 20.8 Å². The molecule has 10 heteroatoms. The first-order chi connectivity index (χ1) is 17.7. The highest BCUT2D eigenvalue weighted by Gasteiger charge is 2.27. The molecular formula is C26H28N6O4. The molecule has 1 fully saturated rings. The summed E-state index contributed by atoms with van der Waals surface area (Å²) in [4.78, 5) is 28.4. The van der Waals surface area contributed by atoms with Crippen LogP contribution < -0.4 is 15.4 Å². The Bertz CT molecular complexity index is 1220. The maximum absolute atomic E-state index is 12.2. The maximum atomic E-state index is 12.2. The molecule has 1 saturated carbocycles. The number of benzene rings is 1. The highest BCUT2D eigenvalue weighted by Crippen LogP contribution is 2.30. The van der Waals surface area contributed by atoms with Gasteiger partial charge in [0.2, 0.25) is 17.6 Å². The van der Waals surface area contributed by atoms with Crippen molar-refractivity contribution in [2.75, 3.05) is 19.7 Å². The summed E-state index contributed by atoms with van der Waals surface area (Å²) in [5.41, 5.74) is 1.66. The van der Waals surface area contributed by atoms with Crippen molar-refractivity contribution < 1.29 is 18.8 Å². The van der Waals surface area contributed by atoms with Crippen LogP contribution >= 0.6 is 0 Å². The number of hydrogen-bond donors (Lipinski definition) is 2. The van der Waals surface area contributed by atoms with E-state index in [1.165, 1.54) is 12.8 Å². The number of ether oxygens (including phenoxy) is 1. The number of nitrogens with zero attached hydrogens (tertiary/aromatic N) is 4. The summed E-state index contributed by atoms with van der Waals surface area (Å²) in [6.45, 7) is 1.87. The first-order valence-electron chi connectivity index (χ1n) is 12.3. The van der Waals surface area contributed by atoms with Gasteiger partial charge in [-0.15, -0.1) is 10.2 Å². The summed E-state index contributed by atoms with van der Waals surface area (Å²) < 4.78 is 11.1. The van der Waals surface area contributed by atoms with Gasteiger partial charge in [-0.05, 0) is 49.4 Å². The van der Waals surface area contributed by atoms with Crippen LogP contribution in [0.5, 0.6) is 5.75 Å². The third-order valence-corrected chi connectivity index (χ3v) is 6.11. The van der Waals surface area contributed by atoms with Crippen LogP contribution in [0.4, 0.5) is 0 Å². The number of carbonyl (C=O) groups is 2. The molecular weight excluding hydrogens is 460 g/mol. The van der Waals surface area contributed by atoms with Gasteiger partial charge < -0.3 is 19.9 Å². The molecule has 1 atom stereocenters. The zero-order valence-corrected chi connectivity index (χ0v) is 19.9. The number of fused-ring (bicyclic) bond motifs is 1. The lowest BCUT2D eigenvalue weighted by molar-refractivity contribution is -0.121. The predicted octanol–water partition coefficient (Wildman–Crippen LogP) is 3.50. The molecule has 36 heavy (non-hydrogen) atoms. The van der Waals surface area contributed by atoms with E-state index in [1.807, 2.05) is 48.6 Å². The number of carbonyl (C=O) groups excluding carboxylic acids is 2. The van der Waals surface area contributed by atoms with Crippen molar-refractivity contribution >= 4 is 11.8 Å². The van der Waals surface area contributed by atoms with Gasteiger partial charge in [-0.2, -0.15) is 4.98 Å². The summed E-state index contributed by atoms with van der Waals surface area (Å²) in [7, 11) is 0. The van der Waals surface area contributed by atoms with E-state index in [0.717, 1.165) is 23.5 Å². The topological polar surface area (TPSA) is 131 Å². The second-order valence-corrected chi connectivity index (χ2v) is 8.98. The van der Waals surface area contributed by atoms with Crippen molar-refractivity contribution in [3.05, 3.63) is 65.9 Å². The molecule has 1 aromatic heterocycles. The molecule has 2 N–H and O–H groups in total. The largest absolute Gasteiger partial charge is 0.493 e. The van der Waals surface area contributed by atoms with Gasteiger partial charge in [0.25, 0.3) is 5.91 Å². The smallest absolute Gasteiger partial charge is 0.276 e. The molecule has 3 aliphatic rings. The summed E-state index contributed by atoms with van der Waals surface area (Å²) >= 11 is 0. The predicted molar refractivity (Wildman–Crippen MR) is 131 cm³/mol. The van der Waals surface area contributed by atoms with Crippen LogP contribution in [-0.2, 0) is 16.0 Å². The van der Waals surface area contributed by atoms with Crippen molar-refractivity contribution in [3.8, 4) is 17.1 Å². The average molecular weight is 489 g/mol. The third-order valence-electron chi connectivity index (χ3n) is 6.11. The van der Waals surface area contributed by atoms with Crippen molar-refractivity contribution in [1.29, 1.82) is 0 Å². The Morgan fingerprint density at radius 3 is 2.81 bits per heavy atom. The molecule has 2 amide bonds. The van der Waals surface area contributed by atoms with Gasteiger partial charge in [0.15, 0.2) is 5.82 Å². The molecule has 5 rings (SSSR count). The minimum Gasteiger partial charge on any atom is -0.493 e. The lowest BCUT2D eigenvalue weighted by atomic mass is 9.93. The molecule has 186 valence electrons. The fraction of sp³-hybridized carbons (Fsp3) is 0.385. The molecule has 2 aliphatic carbocycles. The van der Waals surface area contributed by atoms with Crippen molar-refractivity contribution in [2.24, 2.45) is 22.1 Å². The third kappa shape index (κ3) is 6.12. The maximum Gasteiger partial charge on any atom is 0.276 e. The number of aryl methyl sites for hydroxylation is 1. The van der Waals surface area contributed by atoms with Crippen LogP contribution in [0.1, 0.15) is 31.6 Å². The fourth-order valence-corrected chi connectivity index (χ4v) is 3.84. The quantitative estimate of drug-likeness (QED) is 0.437. The highest BCUT2D eigenvalue weighted by atomic mass is 16.5. The number of rotatable bonds is 12. The Hall–Kier alpha value is -4.08. The lowest BCUT2D eigenvalue weighted by Gasteiger charge is -2.20. The summed E-state index contributed by atoms with van der Waals surface area (Å²) in [5.74, 6) is 2.34. The van der Waals surface area contributed by atoms with E-state index in [2.05, 4.69) is 31.0 Å². The number of amides is 2. The Labute approximate surface area is 208 Å². The molecule has 2 heterocycles. The van der Waals surface area contributed by atoms with E-state index in [9.17, 15) is 9.59 Å². The molecule has 10 nitrogen and oxygen atoms in total. The monoisotopic (exact) mass is 488 g/mol. The van der Waals surface area contributed by atoms with Crippen LogP contribution in [0, 0.1) is 11.8 Å². The van der Waals surface area contributed by atoms with Gasteiger partial charge in [-0.3, -0.25) is 9.59 Å². The number of hydrogen-bond acceptors (Lipinski definition) is 8. The number of aromatic nitrogens is 2. The van der Waals surface area contributed by atoms with Gasteiger partial charge in [-0.25, -0.2) is 0 Å². The SMILES string of the molecule is O=C(CCc1nc(-c2ccc(OCC3CC3)cc2)no1)NCCCNC1=C2C=CC=CC2C(=O)N=N1. The summed E-state index contributed by atoms with van der Waals surface area (Å²) in [6.07, 6.45) is 11.2. The van der Waals surface area contributed by atoms with Crippen LogP contribution in [0.3, 0.4) is 0 Å². The average Bonchev–Trinajstić information content (AvgIpc) is 3.62. The number of nitrogens with one attached hydrogen (secondary N) is 2. The molecule has 0 radical (unpaired) electrons. The van der Waals surface area contributed by atoms with Crippen LogP contribution in [-0.4, -0.2) is 41.7 Å². The van der Waals surface area contributed by atoms with Gasteiger partial charge in [0.05, 0.1) is 12.5 Å². The second kappa shape index (κ2) is 11.1. The minimum atomic E-state index is -0.370. The van der Waals surface area contributed by atoms with Crippen LogP contribution in [0.2, 0.25) is 0 Å². The molecule has 1 aromatic carbocycles. The van der Waals surface area contributed by atoms with Gasteiger partial charge in [0.1, 0.15) is 5.75 Å². The zero-order valence-electron chi connectivity index (χ0n) is 19.9. The standard InChI is InChI=1S/C26H28N6O4/c33-22(27-14-3-15-28-25-20-4-1-2-5-21(20)26(34)31-30-25)12-13-23-29-24(32-36-23)18-8-10-19(11-9-18)35-16-17-6-7-17/h1-2,4-5,8-11,17,21,28H,3,6-7,12-16H2,(H,27,33). The van der Waals surface area contributed by atoms with Gasteiger partial charge in [-0.1, -0.05) is 29.5 Å². The highest BCUT2D eigenvalue weighted by molar-refractivity contribution is 5.86. The van der Waals surface area contributed by atoms with E-state index >= 15 is 0 Å². The van der Waals surface area contributed by atoms with Gasteiger partial charge >= 0.3 is 0 Å². The molecule has 2 aromatic rings. The Balaban J connectivity index is 1.000. The van der Waals surface area contributed by atoms with E-state index in [0.29, 0.717) is 49.4 Å². The molecule has 1 unspecified atom stereocenters. The zero-order chi connectivity index (χ0) is 24.7. The second-order valence-electron chi connectivity index (χ2n) is 8.98. The molecule has 1 aliphatic heterocycles. The molecule has 0 spiro atoms. The first kappa shape index (κ1) is 23.7. The molecule has 0 bridgehead atoms. The number of azo groups is 1. The molecule has 0 saturated heterocycles. The fourth-order valence-electron chi connectivity index (χ4n) is 3.84. The van der Waals surface area contributed by atoms with Crippen LogP contribution in [0.15, 0.2) is 74.7 Å². The van der Waals surface area contributed by atoms with E-state index in [-0.39, 0.29) is 24.2 Å². The van der Waals surface area contributed by atoms with Crippen LogP contribution in [0.25, 0.3) is 11.4 Å². The van der Waals surface area contributed by atoms with E-state index in [1.54, 1.807) is 0 Å². The van der Waals surface area contributed by atoms with Crippen molar-refractivity contribution in [3.63, 3.8) is 0 Å². The summed E-state index contributed by atoms with van der Waals surface area (Å²) in [5, 5.41) is 17.8. The van der Waals surface area contributed by atoms with E-state index in [4.69, 9.17) is 9.26 Å². The van der Waals surface area contributed by atoms with Gasteiger partial charge in [0, 0.05) is 37.1 Å². The summed E-state index contributed by atoms with van der Waals surface area (Å²) in [6, 6.07) is 7.63. The van der Waals surface area contributed by atoms with Crippen molar-refractivity contribution in [2.45, 2.75) is 32.1 Å². The normalized spacial score (nSPS) is 18.3.